The third-order valence-electron chi connectivity index (χ3n) is 2.99. The van der Waals surface area contributed by atoms with Gasteiger partial charge < -0.3 is 0 Å². The van der Waals surface area contributed by atoms with Gasteiger partial charge in [0.2, 0.25) is 0 Å². The third kappa shape index (κ3) is 3.55. The van der Waals surface area contributed by atoms with E-state index in [4.69, 9.17) is 17.4 Å². The summed E-state index contributed by atoms with van der Waals surface area (Å²) in [6.07, 6.45) is 0.728. The fraction of sp³-hybridized carbons (Fsp3) is 0.308. The fourth-order valence-electron chi connectivity index (χ4n) is 1.84. The van der Waals surface area contributed by atoms with E-state index in [1.807, 2.05) is 25.1 Å². The molecule has 1 unspecified atom stereocenters. The lowest BCUT2D eigenvalue weighted by atomic mass is 10.0. The van der Waals surface area contributed by atoms with Gasteiger partial charge in [0.25, 0.3) is 0 Å². The maximum Gasteiger partial charge on any atom is 0.0950 e. The second kappa shape index (κ2) is 6.33. The molecule has 0 amide bonds. The second-order valence-electron chi connectivity index (χ2n) is 4.34. The number of nitrogens with zero attached hydrogens (tertiary/aromatic N) is 1. The Morgan fingerprint density at radius 1 is 1.47 bits per heavy atom. The van der Waals surface area contributed by atoms with Crippen molar-refractivity contribution in [2.45, 2.75) is 26.3 Å². The molecule has 3 nitrogen and oxygen atoms in total. The fourth-order valence-corrected chi connectivity index (χ4v) is 3.45. The quantitative estimate of drug-likeness (QED) is 0.642. The summed E-state index contributed by atoms with van der Waals surface area (Å²) in [6, 6.07) is 5.72. The molecule has 2 aromatic rings. The number of nitrogens with one attached hydrogen (secondary N) is 1. The number of hydrazine groups is 1. The number of hydrogen-bond donors (Lipinski definition) is 2. The topological polar surface area (TPSA) is 50.9 Å². The molecule has 6 heteroatoms. The van der Waals surface area contributed by atoms with Gasteiger partial charge in [-0.3, -0.25) is 11.3 Å². The molecule has 3 N–H and O–H groups in total. The van der Waals surface area contributed by atoms with Crippen molar-refractivity contribution in [2.75, 3.05) is 0 Å². The van der Waals surface area contributed by atoms with E-state index in [1.165, 1.54) is 4.88 Å². The van der Waals surface area contributed by atoms with Crippen molar-refractivity contribution in [3.63, 3.8) is 0 Å². The lowest BCUT2D eigenvalue weighted by Crippen LogP contribution is -2.29. The highest BCUT2D eigenvalue weighted by Gasteiger charge is 2.17. The number of halogens is 2. The molecular formula is C13H15BrClN3S. The summed E-state index contributed by atoms with van der Waals surface area (Å²) in [4.78, 5) is 5.79. The molecule has 1 heterocycles. The molecule has 0 spiro atoms. The summed E-state index contributed by atoms with van der Waals surface area (Å²) in [5.41, 5.74) is 4.88. The summed E-state index contributed by atoms with van der Waals surface area (Å²) in [7, 11) is 0. The van der Waals surface area contributed by atoms with Crippen molar-refractivity contribution in [1.29, 1.82) is 0 Å². The van der Waals surface area contributed by atoms with E-state index in [-0.39, 0.29) is 6.04 Å². The number of rotatable bonds is 4. The van der Waals surface area contributed by atoms with Crippen LogP contribution in [0.4, 0.5) is 0 Å². The first-order valence-electron chi connectivity index (χ1n) is 5.85. The van der Waals surface area contributed by atoms with Crippen LogP contribution in [0.5, 0.6) is 0 Å². The van der Waals surface area contributed by atoms with Crippen LogP contribution in [0.1, 0.15) is 27.2 Å². The average Bonchev–Trinajstić information content (AvgIpc) is 2.69. The van der Waals surface area contributed by atoms with E-state index < -0.39 is 0 Å². The van der Waals surface area contributed by atoms with Crippen molar-refractivity contribution in [3.8, 4) is 0 Å². The van der Waals surface area contributed by atoms with Gasteiger partial charge in [0.15, 0.2) is 0 Å². The summed E-state index contributed by atoms with van der Waals surface area (Å²) in [6.45, 7) is 4.10. The Hall–Kier alpha value is -0.460. The van der Waals surface area contributed by atoms with E-state index in [1.54, 1.807) is 11.3 Å². The zero-order chi connectivity index (χ0) is 14.0. The SMILES string of the molecule is Cc1nc(CC(NN)c2cc(Br)ccc2Cl)sc1C. The molecule has 0 aliphatic rings. The molecule has 0 aliphatic heterocycles. The van der Waals surface area contributed by atoms with Gasteiger partial charge in [0, 0.05) is 20.8 Å². The lowest BCUT2D eigenvalue weighted by Gasteiger charge is -2.16. The Morgan fingerprint density at radius 2 is 2.21 bits per heavy atom. The first-order valence-corrected chi connectivity index (χ1v) is 7.84. The van der Waals surface area contributed by atoms with Crippen molar-refractivity contribution in [1.82, 2.24) is 10.4 Å². The van der Waals surface area contributed by atoms with Gasteiger partial charge in [0.05, 0.1) is 16.7 Å². The van der Waals surface area contributed by atoms with Gasteiger partial charge in [0.1, 0.15) is 0 Å². The highest BCUT2D eigenvalue weighted by Crippen LogP contribution is 2.29. The van der Waals surface area contributed by atoms with E-state index in [0.717, 1.165) is 27.2 Å². The van der Waals surface area contributed by atoms with Gasteiger partial charge in [-0.2, -0.15) is 0 Å². The first-order chi connectivity index (χ1) is 9.01. The Bertz CT molecular complexity index is 566. The normalized spacial score (nSPS) is 12.7. The Labute approximate surface area is 130 Å². The lowest BCUT2D eigenvalue weighted by molar-refractivity contribution is 0.550. The molecule has 0 bridgehead atoms. The number of benzene rings is 1. The number of aryl methyl sites for hydroxylation is 2. The number of thiazole rings is 1. The summed E-state index contributed by atoms with van der Waals surface area (Å²) < 4.78 is 0.985. The Kier molecular flexibility index (Phi) is 4.97. The smallest absolute Gasteiger partial charge is 0.0950 e. The predicted octanol–water partition coefficient (Wildman–Crippen LogP) is 3.92. The van der Waals surface area contributed by atoms with E-state index >= 15 is 0 Å². The third-order valence-corrected chi connectivity index (χ3v) is 4.92. The number of nitrogens with two attached hydrogens (primary N) is 1. The Balaban J connectivity index is 2.27. The van der Waals surface area contributed by atoms with Gasteiger partial charge in [-0.25, -0.2) is 4.98 Å². The predicted molar refractivity (Wildman–Crippen MR) is 84.5 cm³/mol. The first kappa shape index (κ1) is 14.9. The molecule has 102 valence electrons. The standard InChI is InChI=1S/C13H15BrClN3S/c1-7-8(2)19-13(17-7)6-12(18-16)10-5-9(14)3-4-11(10)15/h3-5,12,18H,6,16H2,1-2H3. The van der Waals surface area contributed by atoms with Crippen LogP contribution >= 0.6 is 38.9 Å². The van der Waals surface area contributed by atoms with E-state index in [2.05, 4.69) is 33.3 Å². The summed E-state index contributed by atoms with van der Waals surface area (Å²) in [5, 5.41) is 1.77. The van der Waals surface area contributed by atoms with Crippen LogP contribution in [0.25, 0.3) is 0 Å². The molecular weight excluding hydrogens is 346 g/mol. The maximum absolute atomic E-state index is 6.24. The van der Waals surface area contributed by atoms with Gasteiger partial charge >= 0.3 is 0 Å². The highest BCUT2D eigenvalue weighted by atomic mass is 79.9. The van der Waals surface area contributed by atoms with Crippen molar-refractivity contribution in [2.24, 2.45) is 5.84 Å². The number of aromatic nitrogens is 1. The van der Waals surface area contributed by atoms with Gasteiger partial charge in [-0.15, -0.1) is 11.3 Å². The molecule has 19 heavy (non-hydrogen) atoms. The summed E-state index contributed by atoms with van der Waals surface area (Å²) >= 11 is 11.4. The van der Waals surface area contributed by atoms with Crippen LogP contribution in [0.3, 0.4) is 0 Å². The van der Waals surface area contributed by atoms with Gasteiger partial charge in [-0.05, 0) is 37.6 Å². The number of hydrogen-bond acceptors (Lipinski definition) is 4. The van der Waals surface area contributed by atoms with Crippen LogP contribution in [-0.4, -0.2) is 4.98 Å². The molecule has 0 fully saturated rings. The minimum atomic E-state index is -0.0463. The van der Waals surface area contributed by atoms with Crippen LogP contribution in [0.15, 0.2) is 22.7 Å². The van der Waals surface area contributed by atoms with Crippen molar-refractivity contribution >= 4 is 38.9 Å². The molecule has 0 saturated heterocycles. The molecule has 2 rings (SSSR count). The molecule has 1 atom stereocenters. The zero-order valence-electron chi connectivity index (χ0n) is 10.7. The van der Waals surface area contributed by atoms with E-state index in [0.29, 0.717) is 5.02 Å². The van der Waals surface area contributed by atoms with Gasteiger partial charge in [-0.1, -0.05) is 27.5 Å². The molecule has 0 aliphatic carbocycles. The van der Waals surface area contributed by atoms with Crippen molar-refractivity contribution in [3.05, 3.63) is 48.8 Å². The second-order valence-corrected chi connectivity index (χ2v) is 6.95. The van der Waals surface area contributed by atoms with Crippen LogP contribution in [0, 0.1) is 13.8 Å². The van der Waals surface area contributed by atoms with Crippen LogP contribution < -0.4 is 11.3 Å². The largest absolute Gasteiger partial charge is 0.271 e. The average molecular weight is 361 g/mol. The molecule has 1 aromatic heterocycles. The maximum atomic E-state index is 6.24. The zero-order valence-corrected chi connectivity index (χ0v) is 13.9. The molecule has 0 saturated carbocycles. The minimum Gasteiger partial charge on any atom is -0.271 e. The van der Waals surface area contributed by atoms with Crippen LogP contribution in [0.2, 0.25) is 5.02 Å². The summed E-state index contributed by atoms with van der Waals surface area (Å²) in [5.74, 6) is 5.67. The van der Waals surface area contributed by atoms with Crippen molar-refractivity contribution < 1.29 is 0 Å². The minimum absolute atomic E-state index is 0.0463. The Morgan fingerprint density at radius 3 is 2.79 bits per heavy atom. The monoisotopic (exact) mass is 359 g/mol. The molecule has 0 radical (unpaired) electrons. The van der Waals surface area contributed by atoms with E-state index in [9.17, 15) is 0 Å². The van der Waals surface area contributed by atoms with Crippen LogP contribution in [-0.2, 0) is 6.42 Å². The highest BCUT2D eigenvalue weighted by molar-refractivity contribution is 9.10. The molecule has 1 aromatic carbocycles.